The monoisotopic (exact) mass is 286 g/mol. The fraction of sp³-hybridized carbons (Fsp3) is 0.769. The van der Waals surface area contributed by atoms with Gasteiger partial charge in [0.25, 0.3) is 0 Å². The summed E-state index contributed by atoms with van der Waals surface area (Å²) in [5.41, 5.74) is 2.15. The maximum atomic E-state index is 6.29. The molecule has 1 aromatic rings. The summed E-state index contributed by atoms with van der Waals surface area (Å²) in [6.45, 7) is 6.51. The molecule has 1 aromatic heterocycles. The Morgan fingerprint density at radius 1 is 1.47 bits per heavy atom. The van der Waals surface area contributed by atoms with E-state index in [1.165, 1.54) is 0 Å². The molecule has 108 valence electrons. The largest absolute Gasteiger partial charge is 0.374 e. The van der Waals surface area contributed by atoms with Crippen LogP contribution in [-0.2, 0) is 18.3 Å². The van der Waals surface area contributed by atoms with Crippen molar-refractivity contribution in [2.75, 3.05) is 40.3 Å². The molecule has 1 atom stereocenters. The minimum Gasteiger partial charge on any atom is -0.374 e. The van der Waals surface area contributed by atoms with Gasteiger partial charge in [-0.15, -0.1) is 0 Å². The number of hydrogen-bond donors (Lipinski definition) is 0. The van der Waals surface area contributed by atoms with Crippen LogP contribution in [0.25, 0.3) is 0 Å². The molecule has 0 aromatic carbocycles. The lowest BCUT2D eigenvalue weighted by Gasteiger charge is -2.34. The Balaban J connectivity index is 1.98. The standard InChI is InChI=1S/C13H23ClN4O/c1-10-12(13(14)17(4)15-10)9-18-5-6-19-11(8-18)7-16(2)3/h11H,5-9H2,1-4H3/t11-/m0/s1. The Kier molecular flexibility index (Phi) is 4.84. The van der Waals surface area contributed by atoms with Gasteiger partial charge in [0.1, 0.15) is 5.15 Å². The number of halogens is 1. The zero-order valence-corrected chi connectivity index (χ0v) is 12.9. The molecule has 19 heavy (non-hydrogen) atoms. The van der Waals surface area contributed by atoms with Crippen molar-refractivity contribution in [3.63, 3.8) is 0 Å². The first kappa shape index (κ1) is 14.8. The fourth-order valence-electron chi connectivity index (χ4n) is 2.52. The summed E-state index contributed by atoms with van der Waals surface area (Å²) >= 11 is 6.29. The fourth-order valence-corrected chi connectivity index (χ4v) is 2.75. The van der Waals surface area contributed by atoms with Gasteiger partial charge in [-0.05, 0) is 21.0 Å². The lowest BCUT2D eigenvalue weighted by molar-refractivity contribution is -0.0407. The van der Waals surface area contributed by atoms with Gasteiger partial charge in [0.2, 0.25) is 0 Å². The Labute approximate surface area is 120 Å². The molecule has 6 heteroatoms. The lowest BCUT2D eigenvalue weighted by Crippen LogP contribution is -2.46. The molecule has 0 bridgehead atoms. The maximum absolute atomic E-state index is 6.29. The van der Waals surface area contributed by atoms with Crippen LogP contribution in [0.1, 0.15) is 11.3 Å². The molecule has 0 radical (unpaired) electrons. The molecule has 0 N–H and O–H groups in total. The van der Waals surface area contributed by atoms with E-state index in [0.29, 0.717) is 0 Å². The number of morpholine rings is 1. The summed E-state index contributed by atoms with van der Waals surface area (Å²) in [6.07, 6.45) is 0.277. The van der Waals surface area contributed by atoms with E-state index in [1.807, 2.05) is 14.0 Å². The molecule has 0 aliphatic carbocycles. The Morgan fingerprint density at radius 3 is 2.79 bits per heavy atom. The summed E-state index contributed by atoms with van der Waals surface area (Å²) < 4.78 is 7.53. The Hall–Kier alpha value is -0.620. The van der Waals surface area contributed by atoms with Crippen LogP contribution in [0, 0.1) is 6.92 Å². The first-order valence-electron chi connectivity index (χ1n) is 6.64. The van der Waals surface area contributed by atoms with Crippen molar-refractivity contribution in [2.45, 2.75) is 19.6 Å². The average molecular weight is 287 g/mol. The van der Waals surface area contributed by atoms with Crippen molar-refractivity contribution in [1.82, 2.24) is 19.6 Å². The molecule has 1 saturated heterocycles. The third-order valence-electron chi connectivity index (χ3n) is 3.44. The smallest absolute Gasteiger partial charge is 0.131 e. The highest BCUT2D eigenvalue weighted by atomic mass is 35.5. The molecule has 2 heterocycles. The summed E-state index contributed by atoms with van der Waals surface area (Å²) in [4.78, 5) is 4.56. The molecule has 0 unspecified atom stereocenters. The van der Waals surface area contributed by atoms with Crippen LogP contribution in [0.4, 0.5) is 0 Å². The van der Waals surface area contributed by atoms with E-state index in [0.717, 1.165) is 49.2 Å². The van der Waals surface area contributed by atoms with E-state index in [2.05, 4.69) is 29.0 Å². The van der Waals surface area contributed by atoms with Crippen LogP contribution in [0.3, 0.4) is 0 Å². The SMILES string of the molecule is Cc1nn(C)c(Cl)c1CN1CCO[C@@H](CN(C)C)C1. The second kappa shape index (κ2) is 6.22. The molecule has 0 saturated carbocycles. The van der Waals surface area contributed by atoms with Crippen LogP contribution in [0.15, 0.2) is 0 Å². The molecule has 0 spiro atoms. The predicted octanol–water partition coefficient (Wildman–Crippen LogP) is 1.14. The van der Waals surface area contributed by atoms with Gasteiger partial charge in [-0.1, -0.05) is 11.6 Å². The van der Waals surface area contributed by atoms with Crippen molar-refractivity contribution in [3.05, 3.63) is 16.4 Å². The third-order valence-corrected chi connectivity index (χ3v) is 3.92. The summed E-state index contributed by atoms with van der Waals surface area (Å²) in [5, 5.41) is 5.11. The Morgan fingerprint density at radius 2 is 2.21 bits per heavy atom. The first-order valence-corrected chi connectivity index (χ1v) is 7.02. The number of hydrogen-bond acceptors (Lipinski definition) is 4. The minimum absolute atomic E-state index is 0.277. The molecule has 1 fully saturated rings. The highest BCUT2D eigenvalue weighted by Gasteiger charge is 2.23. The van der Waals surface area contributed by atoms with E-state index < -0.39 is 0 Å². The van der Waals surface area contributed by atoms with Gasteiger partial charge in [-0.25, -0.2) is 0 Å². The van der Waals surface area contributed by atoms with Crippen LogP contribution in [0.5, 0.6) is 0 Å². The average Bonchev–Trinajstić information content (AvgIpc) is 2.56. The van der Waals surface area contributed by atoms with Gasteiger partial charge >= 0.3 is 0 Å². The highest BCUT2D eigenvalue weighted by Crippen LogP contribution is 2.21. The second-order valence-electron chi connectivity index (χ2n) is 5.47. The number of nitrogens with zero attached hydrogens (tertiary/aromatic N) is 4. The first-order chi connectivity index (χ1) is 8.97. The van der Waals surface area contributed by atoms with Crippen molar-refractivity contribution >= 4 is 11.6 Å². The quantitative estimate of drug-likeness (QED) is 0.831. The lowest BCUT2D eigenvalue weighted by atomic mass is 10.2. The van der Waals surface area contributed by atoms with Gasteiger partial charge < -0.3 is 9.64 Å². The zero-order chi connectivity index (χ0) is 14.0. The van der Waals surface area contributed by atoms with Crippen molar-refractivity contribution in [3.8, 4) is 0 Å². The minimum atomic E-state index is 0.277. The number of aryl methyl sites for hydroxylation is 2. The Bertz CT molecular complexity index is 433. The summed E-state index contributed by atoms with van der Waals surface area (Å²) in [7, 11) is 6.03. The van der Waals surface area contributed by atoms with Gasteiger partial charge in [-0.2, -0.15) is 5.10 Å². The van der Waals surface area contributed by atoms with E-state index >= 15 is 0 Å². The van der Waals surface area contributed by atoms with Gasteiger partial charge in [0.05, 0.1) is 18.4 Å². The van der Waals surface area contributed by atoms with Crippen molar-refractivity contribution < 1.29 is 4.74 Å². The van der Waals surface area contributed by atoms with Gasteiger partial charge in [0.15, 0.2) is 0 Å². The van der Waals surface area contributed by atoms with Crippen LogP contribution in [0.2, 0.25) is 5.15 Å². The van der Waals surface area contributed by atoms with Crippen molar-refractivity contribution in [1.29, 1.82) is 0 Å². The predicted molar refractivity (Wildman–Crippen MR) is 76.5 cm³/mol. The molecular weight excluding hydrogens is 264 g/mol. The maximum Gasteiger partial charge on any atom is 0.131 e. The molecule has 5 nitrogen and oxygen atoms in total. The third kappa shape index (κ3) is 3.69. The van der Waals surface area contributed by atoms with E-state index in [1.54, 1.807) is 4.68 Å². The second-order valence-corrected chi connectivity index (χ2v) is 5.83. The summed E-state index contributed by atoms with van der Waals surface area (Å²) in [6, 6.07) is 0. The molecule has 2 rings (SSSR count). The molecule has 1 aliphatic rings. The van der Waals surface area contributed by atoms with Crippen molar-refractivity contribution in [2.24, 2.45) is 7.05 Å². The summed E-state index contributed by atoms with van der Waals surface area (Å²) in [5.74, 6) is 0. The van der Waals surface area contributed by atoms with Gasteiger partial charge in [0, 0.05) is 38.8 Å². The van der Waals surface area contributed by atoms with Crippen LogP contribution in [-0.4, -0.2) is 66.0 Å². The number of likely N-dealkylation sites (N-methyl/N-ethyl adjacent to an activating group) is 1. The highest BCUT2D eigenvalue weighted by molar-refractivity contribution is 6.30. The molecule has 1 aliphatic heterocycles. The topological polar surface area (TPSA) is 33.5 Å². The van der Waals surface area contributed by atoms with E-state index in [9.17, 15) is 0 Å². The van der Waals surface area contributed by atoms with Crippen LogP contribution >= 0.6 is 11.6 Å². The normalized spacial score (nSPS) is 21.3. The number of aromatic nitrogens is 2. The van der Waals surface area contributed by atoms with E-state index in [-0.39, 0.29) is 6.10 Å². The zero-order valence-electron chi connectivity index (χ0n) is 12.2. The number of rotatable bonds is 4. The van der Waals surface area contributed by atoms with Gasteiger partial charge in [-0.3, -0.25) is 9.58 Å². The number of ether oxygens (including phenoxy) is 1. The van der Waals surface area contributed by atoms with E-state index in [4.69, 9.17) is 16.3 Å². The van der Waals surface area contributed by atoms with Crippen LogP contribution < -0.4 is 0 Å². The molecule has 0 amide bonds. The molecular formula is C13H23ClN4O.